The van der Waals surface area contributed by atoms with E-state index in [9.17, 15) is 9.18 Å². The Hall–Kier alpha value is -2.93. The van der Waals surface area contributed by atoms with Crippen LogP contribution in [0.5, 0.6) is 0 Å². The van der Waals surface area contributed by atoms with Gasteiger partial charge in [0.1, 0.15) is 10.8 Å². The lowest BCUT2D eigenvalue weighted by atomic mass is 10.2. The van der Waals surface area contributed by atoms with E-state index in [-0.39, 0.29) is 29.1 Å². The zero-order chi connectivity index (χ0) is 19.4. The molecule has 27 heavy (non-hydrogen) atoms. The fourth-order valence-corrected chi connectivity index (χ4v) is 2.83. The summed E-state index contributed by atoms with van der Waals surface area (Å²) in [4.78, 5) is 12.2. The molecule has 0 fully saturated rings. The number of amides is 1. The Kier molecular flexibility index (Phi) is 5.71. The lowest BCUT2D eigenvalue weighted by molar-refractivity contribution is -0.111. The van der Waals surface area contributed by atoms with E-state index in [2.05, 4.69) is 15.5 Å². The molecule has 0 spiro atoms. The van der Waals surface area contributed by atoms with Gasteiger partial charge in [0.05, 0.1) is 12.7 Å². The molecule has 0 saturated carbocycles. The van der Waals surface area contributed by atoms with Crippen molar-refractivity contribution in [2.75, 3.05) is 5.32 Å². The fourth-order valence-electron chi connectivity index (χ4n) is 2.63. The van der Waals surface area contributed by atoms with E-state index >= 15 is 0 Å². The predicted molar refractivity (Wildman–Crippen MR) is 103 cm³/mol. The minimum atomic E-state index is -0.364. The van der Waals surface area contributed by atoms with E-state index in [1.54, 1.807) is 36.7 Å². The molecule has 1 N–H and O–H groups in total. The Morgan fingerprint density at radius 3 is 2.85 bits per heavy atom. The first-order valence-corrected chi connectivity index (χ1v) is 8.83. The molecular weight excluding hydrogens is 369 g/mol. The highest BCUT2D eigenvalue weighted by molar-refractivity contribution is 6.33. The summed E-state index contributed by atoms with van der Waals surface area (Å²) < 4.78 is 17.1. The Morgan fingerprint density at radius 1 is 1.37 bits per heavy atom. The van der Waals surface area contributed by atoms with Crippen molar-refractivity contribution in [3.8, 4) is 0 Å². The van der Waals surface area contributed by atoms with Gasteiger partial charge in [-0.1, -0.05) is 29.8 Å². The number of hydrogen-bond acceptors (Lipinski definition) is 3. The molecule has 0 aliphatic carbocycles. The Bertz CT molecular complexity index is 992. The number of rotatable bonds is 6. The highest BCUT2D eigenvalue weighted by atomic mass is 35.5. The summed E-state index contributed by atoms with van der Waals surface area (Å²) in [5, 5.41) is 11.4. The van der Waals surface area contributed by atoms with E-state index in [1.807, 2.05) is 18.5 Å². The minimum absolute atomic E-state index is 0.216. The second kappa shape index (κ2) is 8.18. The lowest BCUT2D eigenvalue weighted by Gasteiger charge is -2.03. The van der Waals surface area contributed by atoms with Gasteiger partial charge in [0.15, 0.2) is 5.82 Å². The molecule has 3 rings (SSSR count). The van der Waals surface area contributed by atoms with Crippen molar-refractivity contribution >= 4 is 29.4 Å². The van der Waals surface area contributed by atoms with Crippen molar-refractivity contribution < 1.29 is 9.18 Å². The zero-order valence-electron chi connectivity index (χ0n) is 15.0. The highest BCUT2D eigenvalue weighted by Gasteiger charge is 2.11. The molecule has 0 aliphatic rings. The highest BCUT2D eigenvalue weighted by Crippen LogP contribution is 2.20. The molecule has 0 unspecified atom stereocenters. The molecule has 140 valence electrons. The van der Waals surface area contributed by atoms with Crippen LogP contribution in [0.2, 0.25) is 5.02 Å². The molecule has 2 aromatic heterocycles. The summed E-state index contributed by atoms with van der Waals surface area (Å²) >= 11 is 6.13. The molecule has 0 aliphatic heterocycles. The average molecular weight is 388 g/mol. The largest absolute Gasteiger partial charge is 0.304 e. The molecule has 0 saturated heterocycles. The van der Waals surface area contributed by atoms with E-state index in [0.717, 1.165) is 17.8 Å². The summed E-state index contributed by atoms with van der Waals surface area (Å²) in [7, 11) is 0. The van der Waals surface area contributed by atoms with E-state index in [4.69, 9.17) is 11.6 Å². The number of aromatic nitrogens is 4. The number of anilines is 1. The van der Waals surface area contributed by atoms with Crippen LogP contribution in [0, 0.1) is 12.7 Å². The molecule has 1 aromatic carbocycles. The van der Waals surface area contributed by atoms with Gasteiger partial charge in [0, 0.05) is 35.6 Å². The van der Waals surface area contributed by atoms with Gasteiger partial charge in [-0.3, -0.25) is 14.2 Å². The molecule has 0 atom stereocenters. The van der Waals surface area contributed by atoms with Crippen molar-refractivity contribution in [3.63, 3.8) is 0 Å². The van der Waals surface area contributed by atoms with Crippen molar-refractivity contribution in [2.24, 2.45) is 0 Å². The number of nitrogens with zero attached hydrogens (tertiary/aromatic N) is 4. The standard InChI is InChI=1S/C19H19ClFN5O/c1-3-26-13(2)14(10-22-26)8-9-18(27)23-19-16(20)12-25(24-19)11-15-6-4-5-7-17(15)21/h4-10,12H,3,11H2,1-2H3,(H,23,24,27)/b9-8+. The molecule has 0 radical (unpaired) electrons. The van der Waals surface area contributed by atoms with Gasteiger partial charge >= 0.3 is 0 Å². The number of hydrogen-bond donors (Lipinski definition) is 1. The number of carbonyl (C=O) groups excluding carboxylic acids is 1. The normalized spacial score (nSPS) is 11.3. The molecule has 0 bridgehead atoms. The molecule has 6 nitrogen and oxygen atoms in total. The Morgan fingerprint density at radius 2 is 2.15 bits per heavy atom. The third-order valence-electron chi connectivity index (χ3n) is 4.10. The molecule has 1 amide bonds. The Balaban J connectivity index is 1.67. The van der Waals surface area contributed by atoms with Gasteiger partial charge in [-0.25, -0.2) is 4.39 Å². The van der Waals surface area contributed by atoms with Crippen molar-refractivity contribution in [1.82, 2.24) is 19.6 Å². The number of nitrogens with one attached hydrogen (secondary N) is 1. The maximum absolute atomic E-state index is 13.8. The second-order valence-corrected chi connectivity index (χ2v) is 6.35. The van der Waals surface area contributed by atoms with E-state index in [1.165, 1.54) is 16.8 Å². The van der Waals surface area contributed by atoms with Crippen LogP contribution in [0.1, 0.15) is 23.7 Å². The summed E-state index contributed by atoms with van der Waals surface area (Å²) in [5.74, 6) is -0.457. The van der Waals surface area contributed by atoms with E-state index in [0.29, 0.717) is 5.56 Å². The van der Waals surface area contributed by atoms with Gasteiger partial charge < -0.3 is 5.32 Å². The molecular formula is C19H19ClFN5O. The molecule has 8 heteroatoms. The SMILES string of the molecule is CCn1ncc(/C=C/C(=O)Nc2nn(Cc3ccccc3F)cc2Cl)c1C. The summed E-state index contributed by atoms with van der Waals surface area (Å²) in [6.07, 6.45) is 6.34. The second-order valence-electron chi connectivity index (χ2n) is 5.94. The van der Waals surface area contributed by atoms with Crippen LogP contribution < -0.4 is 5.32 Å². The van der Waals surface area contributed by atoms with Gasteiger partial charge in [0.2, 0.25) is 5.91 Å². The smallest absolute Gasteiger partial charge is 0.249 e. The zero-order valence-corrected chi connectivity index (χ0v) is 15.7. The van der Waals surface area contributed by atoms with Gasteiger partial charge in [-0.05, 0) is 26.0 Å². The first kappa shape index (κ1) is 18.8. The third-order valence-corrected chi connectivity index (χ3v) is 4.38. The minimum Gasteiger partial charge on any atom is -0.304 e. The number of aryl methyl sites for hydroxylation is 1. The van der Waals surface area contributed by atoms with E-state index < -0.39 is 0 Å². The Labute approximate surface area is 161 Å². The van der Waals surface area contributed by atoms with Crippen LogP contribution in [-0.4, -0.2) is 25.5 Å². The summed E-state index contributed by atoms with van der Waals surface area (Å²) in [6, 6.07) is 6.43. The quantitative estimate of drug-likeness (QED) is 0.652. The van der Waals surface area contributed by atoms with Crippen LogP contribution in [0.15, 0.2) is 42.7 Å². The number of carbonyl (C=O) groups is 1. The van der Waals surface area contributed by atoms with Gasteiger partial charge in [0.25, 0.3) is 0 Å². The van der Waals surface area contributed by atoms with Crippen LogP contribution in [-0.2, 0) is 17.9 Å². The third kappa shape index (κ3) is 4.43. The topological polar surface area (TPSA) is 64.7 Å². The van der Waals surface area contributed by atoms with Crippen LogP contribution in [0.3, 0.4) is 0 Å². The predicted octanol–water partition coefficient (Wildman–Crippen LogP) is 3.90. The van der Waals surface area contributed by atoms with Crippen molar-refractivity contribution in [1.29, 1.82) is 0 Å². The van der Waals surface area contributed by atoms with Crippen molar-refractivity contribution in [3.05, 3.63) is 70.4 Å². The fraction of sp³-hybridized carbons (Fsp3) is 0.211. The first-order chi connectivity index (χ1) is 13.0. The summed E-state index contributed by atoms with van der Waals surface area (Å²) in [6.45, 7) is 4.92. The molecule has 2 heterocycles. The maximum Gasteiger partial charge on any atom is 0.249 e. The van der Waals surface area contributed by atoms with Gasteiger partial charge in [-0.2, -0.15) is 10.2 Å². The maximum atomic E-state index is 13.8. The van der Waals surface area contributed by atoms with Crippen molar-refractivity contribution in [2.45, 2.75) is 26.9 Å². The monoisotopic (exact) mass is 387 g/mol. The van der Waals surface area contributed by atoms with Crippen LogP contribution in [0.4, 0.5) is 10.2 Å². The van der Waals surface area contributed by atoms with Gasteiger partial charge in [-0.15, -0.1) is 0 Å². The lowest BCUT2D eigenvalue weighted by Crippen LogP contribution is -2.10. The average Bonchev–Trinajstić information content (AvgIpc) is 3.17. The number of benzene rings is 1. The van der Waals surface area contributed by atoms with Crippen LogP contribution in [0.25, 0.3) is 6.08 Å². The molecule has 3 aromatic rings. The van der Waals surface area contributed by atoms with Crippen LogP contribution >= 0.6 is 11.6 Å². The first-order valence-electron chi connectivity index (χ1n) is 8.45. The number of halogens is 2. The summed E-state index contributed by atoms with van der Waals surface area (Å²) in [5.41, 5.74) is 2.33.